The Balaban J connectivity index is 1.61. The molecule has 22 heavy (non-hydrogen) atoms. The van der Waals surface area contributed by atoms with Gasteiger partial charge in [-0.25, -0.2) is 4.79 Å². The van der Waals surface area contributed by atoms with Crippen LogP contribution in [0, 0.1) is 11.8 Å². The molecule has 5 heteroatoms. The Labute approximate surface area is 134 Å². The summed E-state index contributed by atoms with van der Waals surface area (Å²) in [6.07, 6.45) is 6.28. The Hall–Kier alpha value is -0.810. The van der Waals surface area contributed by atoms with E-state index >= 15 is 0 Å². The second-order valence-electron chi connectivity index (χ2n) is 7.59. The van der Waals surface area contributed by atoms with E-state index in [9.17, 15) is 9.90 Å². The van der Waals surface area contributed by atoms with Gasteiger partial charge in [0.15, 0.2) is 0 Å². The summed E-state index contributed by atoms with van der Waals surface area (Å²) in [4.78, 5) is 14.5. The molecule has 0 radical (unpaired) electrons. The highest BCUT2D eigenvalue weighted by Gasteiger charge is 2.34. The maximum atomic E-state index is 12.0. The van der Waals surface area contributed by atoms with E-state index in [1.807, 2.05) is 0 Å². The lowest BCUT2D eigenvalue weighted by Crippen LogP contribution is -2.53. The molecule has 1 heterocycles. The first-order valence-corrected chi connectivity index (χ1v) is 8.92. The van der Waals surface area contributed by atoms with Crippen LogP contribution in [-0.2, 0) is 0 Å². The summed E-state index contributed by atoms with van der Waals surface area (Å²) in [5.41, 5.74) is -0.373. The van der Waals surface area contributed by atoms with Gasteiger partial charge < -0.3 is 20.6 Å². The average molecular weight is 311 g/mol. The van der Waals surface area contributed by atoms with Gasteiger partial charge in [-0.05, 0) is 44.1 Å². The van der Waals surface area contributed by atoms with Crippen LogP contribution in [0.5, 0.6) is 0 Å². The molecular weight excluding hydrogens is 278 g/mol. The molecular formula is C17H33N3O2. The number of aliphatic hydroxyl groups is 1. The molecule has 1 aliphatic carbocycles. The van der Waals surface area contributed by atoms with E-state index < -0.39 is 0 Å². The molecule has 0 aromatic rings. The van der Waals surface area contributed by atoms with E-state index in [-0.39, 0.29) is 18.2 Å². The van der Waals surface area contributed by atoms with E-state index in [0.29, 0.717) is 6.54 Å². The van der Waals surface area contributed by atoms with E-state index in [1.54, 1.807) is 0 Å². The van der Waals surface area contributed by atoms with Crippen molar-refractivity contribution in [1.29, 1.82) is 0 Å². The first-order chi connectivity index (χ1) is 10.5. The Kier molecular flexibility index (Phi) is 6.50. The lowest BCUT2D eigenvalue weighted by molar-refractivity contribution is 0.139. The van der Waals surface area contributed by atoms with Crippen LogP contribution in [0.15, 0.2) is 0 Å². The Morgan fingerprint density at radius 2 is 1.86 bits per heavy atom. The minimum Gasteiger partial charge on any atom is -0.394 e. The number of nitrogens with one attached hydrogen (secondary N) is 2. The Morgan fingerprint density at radius 3 is 2.45 bits per heavy atom. The van der Waals surface area contributed by atoms with Crippen LogP contribution < -0.4 is 10.6 Å². The summed E-state index contributed by atoms with van der Waals surface area (Å²) in [7, 11) is 0. The fraction of sp³-hybridized carbons (Fsp3) is 0.941. The molecule has 2 rings (SSSR count). The Morgan fingerprint density at radius 1 is 1.23 bits per heavy atom. The van der Waals surface area contributed by atoms with Crippen molar-refractivity contribution in [3.63, 3.8) is 0 Å². The number of likely N-dealkylation sites (tertiary alicyclic amines) is 1. The summed E-state index contributed by atoms with van der Waals surface area (Å²) in [5.74, 6) is 1.57. The van der Waals surface area contributed by atoms with Crippen molar-refractivity contribution in [2.24, 2.45) is 11.8 Å². The van der Waals surface area contributed by atoms with E-state index in [1.165, 1.54) is 19.5 Å². The fourth-order valence-electron chi connectivity index (χ4n) is 4.14. The number of amides is 2. The van der Waals surface area contributed by atoms with E-state index in [4.69, 9.17) is 0 Å². The van der Waals surface area contributed by atoms with Crippen LogP contribution in [0.4, 0.5) is 4.79 Å². The zero-order chi connectivity index (χ0) is 16.0. The van der Waals surface area contributed by atoms with Crippen molar-refractivity contribution in [3.05, 3.63) is 0 Å². The SMILES string of the molecule is CC1CC(C)CN(CCCNC(=O)NC2(CO)CCCC2)C1. The zero-order valence-electron chi connectivity index (χ0n) is 14.2. The number of carbonyl (C=O) groups is 1. The summed E-state index contributed by atoms with van der Waals surface area (Å²) in [6, 6.07) is -0.128. The van der Waals surface area contributed by atoms with Crippen LogP contribution in [0.2, 0.25) is 0 Å². The van der Waals surface area contributed by atoms with Gasteiger partial charge >= 0.3 is 6.03 Å². The third kappa shape index (κ3) is 5.13. The highest BCUT2D eigenvalue weighted by molar-refractivity contribution is 5.74. The van der Waals surface area contributed by atoms with Crippen LogP contribution in [-0.4, -0.2) is 54.4 Å². The number of aliphatic hydroxyl groups excluding tert-OH is 1. The molecule has 2 aliphatic rings. The van der Waals surface area contributed by atoms with Crippen molar-refractivity contribution in [2.75, 3.05) is 32.8 Å². The van der Waals surface area contributed by atoms with Gasteiger partial charge in [-0.1, -0.05) is 26.7 Å². The summed E-state index contributed by atoms with van der Waals surface area (Å²) in [5, 5.41) is 15.4. The second-order valence-corrected chi connectivity index (χ2v) is 7.59. The average Bonchev–Trinajstić information content (AvgIpc) is 2.92. The summed E-state index contributed by atoms with van der Waals surface area (Å²) in [6.45, 7) is 8.82. The number of hydrogen-bond donors (Lipinski definition) is 3. The topological polar surface area (TPSA) is 64.6 Å². The predicted octanol–water partition coefficient (Wildman–Crippen LogP) is 1.96. The van der Waals surface area contributed by atoms with Crippen LogP contribution in [0.3, 0.4) is 0 Å². The lowest BCUT2D eigenvalue weighted by Gasteiger charge is -2.35. The van der Waals surface area contributed by atoms with Gasteiger partial charge in [-0.2, -0.15) is 0 Å². The number of hydrogen-bond acceptors (Lipinski definition) is 3. The third-order valence-corrected chi connectivity index (χ3v) is 5.12. The quantitative estimate of drug-likeness (QED) is 0.657. The van der Waals surface area contributed by atoms with E-state index in [2.05, 4.69) is 29.4 Å². The second kappa shape index (κ2) is 8.16. The highest BCUT2D eigenvalue weighted by atomic mass is 16.3. The molecule has 1 aliphatic heterocycles. The Bertz CT molecular complexity index is 346. The fourth-order valence-corrected chi connectivity index (χ4v) is 4.14. The predicted molar refractivity (Wildman–Crippen MR) is 88.8 cm³/mol. The molecule has 1 saturated heterocycles. The van der Waals surface area contributed by atoms with Gasteiger partial charge in [0.1, 0.15) is 0 Å². The molecule has 2 fully saturated rings. The van der Waals surface area contributed by atoms with E-state index in [0.717, 1.165) is 50.5 Å². The number of nitrogens with zero attached hydrogens (tertiary/aromatic N) is 1. The minimum atomic E-state index is -0.373. The van der Waals surface area contributed by atoms with Gasteiger partial charge in [0.05, 0.1) is 12.1 Å². The van der Waals surface area contributed by atoms with Gasteiger partial charge in [-0.3, -0.25) is 0 Å². The van der Waals surface area contributed by atoms with Crippen molar-refractivity contribution >= 4 is 6.03 Å². The number of carbonyl (C=O) groups excluding carboxylic acids is 1. The van der Waals surface area contributed by atoms with Crippen molar-refractivity contribution in [3.8, 4) is 0 Å². The minimum absolute atomic E-state index is 0.0456. The molecule has 0 aromatic heterocycles. The van der Waals surface area contributed by atoms with Crippen LogP contribution >= 0.6 is 0 Å². The molecule has 128 valence electrons. The molecule has 0 spiro atoms. The van der Waals surface area contributed by atoms with Gasteiger partial charge in [-0.15, -0.1) is 0 Å². The lowest BCUT2D eigenvalue weighted by atomic mass is 9.92. The monoisotopic (exact) mass is 311 g/mol. The number of rotatable bonds is 6. The third-order valence-electron chi connectivity index (χ3n) is 5.12. The summed E-state index contributed by atoms with van der Waals surface area (Å²) < 4.78 is 0. The van der Waals surface area contributed by atoms with Crippen molar-refractivity contribution in [2.45, 2.75) is 57.9 Å². The largest absolute Gasteiger partial charge is 0.394 e. The molecule has 2 amide bonds. The zero-order valence-corrected chi connectivity index (χ0v) is 14.2. The molecule has 5 nitrogen and oxygen atoms in total. The van der Waals surface area contributed by atoms with Crippen LogP contribution in [0.1, 0.15) is 52.4 Å². The molecule has 2 unspecified atom stereocenters. The number of urea groups is 1. The molecule has 3 N–H and O–H groups in total. The maximum absolute atomic E-state index is 12.0. The smallest absolute Gasteiger partial charge is 0.315 e. The van der Waals surface area contributed by atoms with Gasteiger partial charge in [0.25, 0.3) is 0 Å². The molecule has 0 aromatic carbocycles. The van der Waals surface area contributed by atoms with Crippen molar-refractivity contribution < 1.29 is 9.90 Å². The standard InChI is InChI=1S/C17H33N3O2/c1-14-10-15(2)12-20(11-14)9-5-8-18-16(22)19-17(13-21)6-3-4-7-17/h14-15,21H,3-13H2,1-2H3,(H2,18,19,22). The van der Waals surface area contributed by atoms with Crippen LogP contribution in [0.25, 0.3) is 0 Å². The first-order valence-electron chi connectivity index (χ1n) is 8.92. The maximum Gasteiger partial charge on any atom is 0.315 e. The van der Waals surface area contributed by atoms with Gasteiger partial charge in [0.2, 0.25) is 0 Å². The first kappa shape index (κ1) is 17.5. The highest BCUT2D eigenvalue weighted by Crippen LogP contribution is 2.28. The normalized spacial score (nSPS) is 28.5. The summed E-state index contributed by atoms with van der Waals surface area (Å²) >= 11 is 0. The van der Waals surface area contributed by atoms with Gasteiger partial charge in [0, 0.05) is 19.6 Å². The van der Waals surface area contributed by atoms with Crippen molar-refractivity contribution in [1.82, 2.24) is 15.5 Å². The number of piperidine rings is 1. The molecule has 2 atom stereocenters. The molecule has 1 saturated carbocycles. The molecule has 0 bridgehead atoms.